The second-order valence-corrected chi connectivity index (χ2v) is 7.96. The van der Waals surface area contributed by atoms with Crippen molar-refractivity contribution in [2.75, 3.05) is 38.1 Å². The minimum atomic E-state index is -0.0494. The Kier molecular flexibility index (Phi) is 5.99. The number of piperazine rings is 1. The van der Waals surface area contributed by atoms with E-state index in [0.717, 1.165) is 53.0 Å². The number of carbonyl (C=O) groups excluding carboxylic acids is 1. The van der Waals surface area contributed by atoms with Gasteiger partial charge in [0, 0.05) is 41.9 Å². The molecule has 1 aliphatic rings. The van der Waals surface area contributed by atoms with Crippen LogP contribution in [0.5, 0.6) is 0 Å². The van der Waals surface area contributed by atoms with Crippen molar-refractivity contribution in [1.82, 2.24) is 10.2 Å². The van der Waals surface area contributed by atoms with E-state index in [1.807, 2.05) is 50.2 Å². The summed E-state index contributed by atoms with van der Waals surface area (Å²) in [4.78, 5) is 17.6. The molecule has 1 atom stereocenters. The first-order valence-corrected chi connectivity index (χ1v) is 9.84. The Labute approximate surface area is 164 Å². The number of anilines is 1. The zero-order valence-corrected chi connectivity index (χ0v) is 17.2. The number of hydrogen-bond acceptors (Lipinski definition) is 3. The molecule has 0 aliphatic carbocycles. The normalized spacial score (nSPS) is 16.4. The number of amides is 1. The van der Waals surface area contributed by atoms with Crippen LogP contribution in [-0.2, 0) is 0 Å². The molecule has 1 saturated heterocycles. The largest absolute Gasteiger partial charge is 0.369 e. The standard InChI is InChI=1S/C21H26BrN3O/c1-15-7-8-19(25-11-9-24(3)10-12-25)14-20(15)21(26)23-16(2)17-5-4-6-18(22)13-17/h4-8,13-14,16H,9-12H2,1-3H3,(H,23,26)/t16-/m1/s1. The SMILES string of the molecule is Cc1ccc(N2CCN(C)CC2)cc1C(=O)N[C@H](C)c1cccc(Br)c1. The molecular formula is C21H26BrN3O. The molecule has 1 heterocycles. The molecule has 2 aromatic rings. The predicted octanol–water partition coefficient (Wildman–Crippen LogP) is 4.00. The van der Waals surface area contributed by atoms with Crippen molar-refractivity contribution in [2.45, 2.75) is 19.9 Å². The number of hydrogen-bond donors (Lipinski definition) is 1. The van der Waals surface area contributed by atoms with Gasteiger partial charge in [0.05, 0.1) is 6.04 Å². The van der Waals surface area contributed by atoms with Gasteiger partial charge >= 0.3 is 0 Å². The van der Waals surface area contributed by atoms with E-state index in [1.165, 1.54) is 0 Å². The highest BCUT2D eigenvalue weighted by Crippen LogP contribution is 2.22. The highest BCUT2D eigenvalue weighted by Gasteiger charge is 2.18. The molecule has 1 amide bonds. The van der Waals surface area contributed by atoms with Crippen LogP contribution in [-0.4, -0.2) is 44.0 Å². The third-order valence-electron chi connectivity index (χ3n) is 5.03. The second-order valence-electron chi connectivity index (χ2n) is 7.04. The fourth-order valence-corrected chi connectivity index (χ4v) is 3.67. The van der Waals surface area contributed by atoms with Gasteiger partial charge in [0.1, 0.15) is 0 Å². The van der Waals surface area contributed by atoms with E-state index < -0.39 is 0 Å². The second kappa shape index (κ2) is 8.23. The van der Waals surface area contributed by atoms with Gasteiger partial charge in [-0.15, -0.1) is 0 Å². The minimum absolute atomic E-state index is 0.0223. The molecule has 0 saturated carbocycles. The molecule has 3 rings (SSSR count). The van der Waals surface area contributed by atoms with E-state index in [1.54, 1.807) is 0 Å². The molecule has 0 spiro atoms. The lowest BCUT2D eigenvalue weighted by atomic mass is 10.0. The van der Waals surface area contributed by atoms with Crippen molar-refractivity contribution >= 4 is 27.5 Å². The number of nitrogens with zero attached hydrogens (tertiary/aromatic N) is 2. The Morgan fingerprint density at radius 1 is 1.12 bits per heavy atom. The molecule has 4 nitrogen and oxygen atoms in total. The topological polar surface area (TPSA) is 35.6 Å². The molecule has 5 heteroatoms. The molecule has 2 aromatic carbocycles. The smallest absolute Gasteiger partial charge is 0.252 e. The Morgan fingerprint density at radius 2 is 1.85 bits per heavy atom. The molecule has 138 valence electrons. The van der Waals surface area contributed by atoms with E-state index in [4.69, 9.17) is 0 Å². The van der Waals surface area contributed by atoms with Crippen LogP contribution in [0.15, 0.2) is 46.9 Å². The summed E-state index contributed by atoms with van der Waals surface area (Å²) in [6.07, 6.45) is 0. The Hall–Kier alpha value is -1.85. The average molecular weight is 416 g/mol. The van der Waals surface area contributed by atoms with Crippen LogP contribution in [0, 0.1) is 6.92 Å². The zero-order chi connectivity index (χ0) is 18.7. The fraction of sp³-hybridized carbons (Fsp3) is 0.381. The van der Waals surface area contributed by atoms with Crippen molar-refractivity contribution in [3.63, 3.8) is 0 Å². The first kappa shape index (κ1) is 18.9. The van der Waals surface area contributed by atoms with E-state index in [2.05, 4.69) is 44.2 Å². The summed E-state index contributed by atoms with van der Waals surface area (Å²) in [5, 5.41) is 3.13. The Bertz CT molecular complexity index is 785. The number of aryl methyl sites for hydroxylation is 1. The Morgan fingerprint density at radius 3 is 2.54 bits per heavy atom. The highest BCUT2D eigenvalue weighted by molar-refractivity contribution is 9.10. The maximum atomic E-state index is 12.9. The van der Waals surface area contributed by atoms with Crippen molar-refractivity contribution in [3.8, 4) is 0 Å². The fourth-order valence-electron chi connectivity index (χ4n) is 3.25. The lowest BCUT2D eigenvalue weighted by molar-refractivity contribution is 0.0939. The summed E-state index contributed by atoms with van der Waals surface area (Å²) in [6, 6.07) is 14.2. The van der Waals surface area contributed by atoms with Gasteiger partial charge in [0.25, 0.3) is 5.91 Å². The van der Waals surface area contributed by atoms with Crippen LogP contribution in [0.2, 0.25) is 0 Å². The van der Waals surface area contributed by atoms with E-state index >= 15 is 0 Å². The maximum Gasteiger partial charge on any atom is 0.252 e. The van der Waals surface area contributed by atoms with Crippen molar-refractivity contribution in [3.05, 3.63) is 63.6 Å². The Balaban J connectivity index is 1.75. The number of rotatable bonds is 4. The summed E-state index contributed by atoms with van der Waals surface area (Å²) in [5.41, 5.74) is 3.97. The molecule has 1 N–H and O–H groups in total. The minimum Gasteiger partial charge on any atom is -0.369 e. The van der Waals surface area contributed by atoms with Crippen LogP contribution in [0.3, 0.4) is 0 Å². The molecule has 0 unspecified atom stereocenters. The van der Waals surface area contributed by atoms with Crippen LogP contribution in [0.25, 0.3) is 0 Å². The van der Waals surface area contributed by atoms with E-state index in [0.29, 0.717) is 0 Å². The third-order valence-corrected chi connectivity index (χ3v) is 5.52. The van der Waals surface area contributed by atoms with Gasteiger partial charge in [0.2, 0.25) is 0 Å². The first-order chi connectivity index (χ1) is 12.4. The van der Waals surface area contributed by atoms with Gasteiger partial charge in [-0.25, -0.2) is 0 Å². The van der Waals surface area contributed by atoms with Crippen molar-refractivity contribution < 1.29 is 4.79 Å². The van der Waals surface area contributed by atoms with Crippen LogP contribution >= 0.6 is 15.9 Å². The summed E-state index contributed by atoms with van der Waals surface area (Å²) >= 11 is 3.49. The quantitative estimate of drug-likeness (QED) is 0.819. The lowest BCUT2D eigenvalue weighted by Gasteiger charge is -2.34. The first-order valence-electron chi connectivity index (χ1n) is 9.04. The zero-order valence-electron chi connectivity index (χ0n) is 15.6. The van der Waals surface area contributed by atoms with Gasteiger partial charge in [-0.05, 0) is 56.3 Å². The summed E-state index contributed by atoms with van der Waals surface area (Å²) < 4.78 is 1.02. The number of benzene rings is 2. The third kappa shape index (κ3) is 4.46. The van der Waals surface area contributed by atoms with Gasteiger partial charge in [-0.1, -0.05) is 34.1 Å². The number of carbonyl (C=O) groups is 1. The number of nitrogens with one attached hydrogen (secondary N) is 1. The van der Waals surface area contributed by atoms with Gasteiger partial charge in [0.15, 0.2) is 0 Å². The summed E-state index contributed by atoms with van der Waals surface area (Å²) in [5.74, 6) is -0.0223. The number of halogens is 1. The number of likely N-dealkylation sites (N-methyl/N-ethyl adjacent to an activating group) is 1. The van der Waals surface area contributed by atoms with E-state index in [9.17, 15) is 4.79 Å². The molecule has 26 heavy (non-hydrogen) atoms. The van der Waals surface area contributed by atoms with E-state index in [-0.39, 0.29) is 11.9 Å². The molecular weight excluding hydrogens is 390 g/mol. The molecule has 0 aromatic heterocycles. The monoisotopic (exact) mass is 415 g/mol. The average Bonchev–Trinajstić information content (AvgIpc) is 2.62. The van der Waals surface area contributed by atoms with Crippen LogP contribution < -0.4 is 10.2 Å². The van der Waals surface area contributed by atoms with Crippen LogP contribution in [0.1, 0.15) is 34.5 Å². The summed E-state index contributed by atoms with van der Waals surface area (Å²) in [6.45, 7) is 8.10. The molecule has 1 aliphatic heterocycles. The van der Waals surface area contributed by atoms with Crippen molar-refractivity contribution in [2.24, 2.45) is 0 Å². The van der Waals surface area contributed by atoms with Gasteiger partial charge < -0.3 is 15.1 Å². The lowest BCUT2D eigenvalue weighted by Crippen LogP contribution is -2.44. The predicted molar refractivity (Wildman–Crippen MR) is 111 cm³/mol. The van der Waals surface area contributed by atoms with Crippen LogP contribution in [0.4, 0.5) is 5.69 Å². The van der Waals surface area contributed by atoms with Crippen molar-refractivity contribution in [1.29, 1.82) is 0 Å². The summed E-state index contributed by atoms with van der Waals surface area (Å²) in [7, 11) is 2.15. The van der Waals surface area contributed by atoms with Gasteiger partial charge in [-0.3, -0.25) is 4.79 Å². The highest BCUT2D eigenvalue weighted by atomic mass is 79.9. The molecule has 0 bridgehead atoms. The maximum absolute atomic E-state index is 12.9. The molecule has 0 radical (unpaired) electrons. The van der Waals surface area contributed by atoms with Gasteiger partial charge in [-0.2, -0.15) is 0 Å². The molecule has 1 fully saturated rings.